The van der Waals surface area contributed by atoms with E-state index >= 15 is 0 Å². The highest BCUT2D eigenvalue weighted by Crippen LogP contribution is 2.23. The molecule has 0 unspecified atom stereocenters. The van der Waals surface area contributed by atoms with Gasteiger partial charge in [0.1, 0.15) is 11.6 Å². The molecule has 6 nitrogen and oxygen atoms in total. The zero-order chi connectivity index (χ0) is 18.5. The van der Waals surface area contributed by atoms with E-state index in [1.165, 1.54) is 11.8 Å². The fourth-order valence-electron chi connectivity index (χ4n) is 2.30. The SMILES string of the molecule is CCn1c(SCC(=O)Nc2cc(F)ccc2F)nnc1-c1cccnc1. The summed E-state index contributed by atoms with van der Waals surface area (Å²) in [6.07, 6.45) is 3.35. The summed E-state index contributed by atoms with van der Waals surface area (Å²) in [6, 6.07) is 6.57. The highest BCUT2D eigenvalue weighted by Gasteiger charge is 2.15. The molecule has 0 atom stereocenters. The van der Waals surface area contributed by atoms with Crippen LogP contribution in [0.3, 0.4) is 0 Å². The van der Waals surface area contributed by atoms with Crippen molar-refractivity contribution in [2.45, 2.75) is 18.6 Å². The van der Waals surface area contributed by atoms with E-state index in [-0.39, 0.29) is 11.4 Å². The maximum Gasteiger partial charge on any atom is 0.234 e. The molecule has 0 aliphatic carbocycles. The van der Waals surface area contributed by atoms with Crippen LogP contribution in [0.25, 0.3) is 11.4 Å². The second-order valence-electron chi connectivity index (χ2n) is 5.25. The van der Waals surface area contributed by atoms with Gasteiger partial charge >= 0.3 is 0 Å². The van der Waals surface area contributed by atoms with Crippen molar-refractivity contribution >= 4 is 23.4 Å². The number of nitrogens with zero attached hydrogens (tertiary/aromatic N) is 4. The van der Waals surface area contributed by atoms with Gasteiger partial charge in [0, 0.05) is 30.6 Å². The monoisotopic (exact) mass is 375 g/mol. The second kappa shape index (κ2) is 8.05. The Morgan fingerprint density at radius 1 is 1.27 bits per heavy atom. The maximum atomic E-state index is 13.6. The van der Waals surface area contributed by atoms with Crippen LogP contribution in [0.2, 0.25) is 0 Å². The molecule has 2 heterocycles. The van der Waals surface area contributed by atoms with Crippen molar-refractivity contribution in [2.75, 3.05) is 11.1 Å². The van der Waals surface area contributed by atoms with E-state index < -0.39 is 17.5 Å². The zero-order valence-electron chi connectivity index (χ0n) is 13.8. The second-order valence-corrected chi connectivity index (χ2v) is 6.20. The number of hydrogen-bond acceptors (Lipinski definition) is 5. The van der Waals surface area contributed by atoms with E-state index in [1.807, 2.05) is 17.6 Å². The van der Waals surface area contributed by atoms with Crippen LogP contribution in [-0.2, 0) is 11.3 Å². The van der Waals surface area contributed by atoms with E-state index in [2.05, 4.69) is 20.5 Å². The molecule has 9 heteroatoms. The first kappa shape index (κ1) is 18.0. The summed E-state index contributed by atoms with van der Waals surface area (Å²) >= 11 is 1.17. The zero-order valence-corrected chi connectivity index (χ0v) is 14.6. The maximum absolute atomic E-state index is 13.6. The molecule has 2 aromatic heterocycles. The van der Waals surface area contributed by atoms with Crippen LogP contribution in [0.4, 0.5) is 14.5 Å². The molecule has 0 aliphatic heterocycles. The van der Waals surface area contributed by atoms with Gasteiger partial charge in [-0.05, 0) is 31.2 Å². The summed E-state index contributed by atoms with van der Waals surface area (Å²) in [4.78, 5) is 16.1. The highest BCUT2D eigenvalue weighted by molar-refractivity contribution is 7.99. The standard InChI is InChI=1S/C17H15F2N5OS/c1-2-24-16(11-4-3-7-20-9-11)22-23-17(24)26-10-15(25)21-14-8-12(18)5-6-13(14)19/h3-9H,2,10H2,1H3,(H,21,25). The molecular formula is C17H15F2N5OS. The summed E-state index contributed by atoms with van der Waals surface area (Å²) in [5.74, 6) is -1.14. The van der Waals surface area contributed by atoms with Crippen LogP contribution in [-0.4, -0.2) is 31.4 Å². The molecule has 0 saturated heterocycles. The number of aromatic nitrogens is 4. The Labute approximate surface area is 152 Å². The molecule has 134 valence electrons. The summed E-state index contributed by atoms with van der Waals surface area (Å²) in [7, 11) is 0. The minimum Gasteiger partial charge on any atom is -0.323 e. The minimum absolute atomic E-state index is 0.0128. The molecule has 0 aliphatic rings. The molecule has 1 amide bonds. The minimum atomic E-state index is -0.694. The average molecular weight is 375 g/mol. The van der Waals surface area contributed by atoms with E-state index in [1.54, 1.807) is 18.5 Å². The van der Waals surface area contributed by atoms with Gasteiger partial charge in [-0.3, -0.25) is 9.78 Å². The topological polar surface area (TPSA) is 72.7 Å². The number of carbonyl (C=O) groups is 1. The van der Waals surface area contributed by atoms with Gasteiger partial charge in [-0.15, -0.1) is 10.2 Å². The third-order valence-electron chi connectivity index (χ3n) is 3.49. The predicted molar refractivity (Wildman–Crippen MR) is 94.6 cm³/mol. The van der Waals surface area contributed by atoms with Crippen molar-refractivity contribution < 1.29 is 13.6 Å². The van der Waals surface area contributed by atoms with E-state index in [4.69, 9.17) is 0 Å². The Morgan fingerprint density at radius 2 is 2.12 bits per heavy atom. The van der Waals surface area contributed by atoms with Crippen LogP contribution in [0.1, 0.15) is 6.92 Å². The number of hydrogen-bond donors (Lipinski definition) is 1. The Morgan fingerprint density at radius 3 is 2.85 bits per heavy atom. The number of pyridine rings is 1. The summed E-state index contributed by atoms with van der Waals surface area (Å²) in [5.41, 5.74) is 0.628. The third-order valence-corrected chi connectivity index (χ3v) is 4.45. The summed E-state index contributed by atoms with van der Waals surface area (Å²) in [5, 5.41) is 11.2. The lowest BCUT2D eigenvalue weighted by Gasteiger charge is -2.08. The van der Waals surface area contributed by atoms with Crippen molar-refractivity contribution in [3.63, 3.8) is 0 Å². The van der Waals surface area contributed by atoms with Gasteiger partial charge in [0.25, 0.3) is 0 Å². The van der Waals surface area contributed by atoms with Gasteiger partial charge in [-0.1, -0.05) is 11.8 Å². The fourth-order valence-corrected chi connectivity index (χ4v) is 3.10. The number of anilines is 1. The van der Waals surface area contributed by atoms with Crippen LogP contribution >= 0.6 is 11.8 Å². The van der Waals surface area contributed by atoms with Crippen molar-refractivity contribution in [3.8, 4) is 11.4 Å². The number of halogens is 2. The number of nitrogens with one attached hydrogen (secondary N) is 1. The predicted octanol–water partition coefficient (Wildman–Crippen LogP) is 3.37. The van der Waals surface area contributed by atoms with E-state index in [9.17, 15) is 13.6 Å². The summed E-state index contributed by atoms with van der Waals surface area (Å²) < 4.78 is 28.6. The van der Waals surface area contributed by atoms with Crippen molar-refractivity contribution in [2.24, 2.45) is 0 Å². The number of benzene rings is 1. The first-order chi connectivity index (χ1) is 12.6. The molecule has 26 heavy (non-hydrogen) atoms. The number of carbonyl (C=O) groups excluding carboxylic acids is 1. The lowest BCUT2D eigenvalue weighted by Crippen LogP contribution is -2.15. The van der Waals surface area contributed by atoms with Gasteiger partial charge < -0.3 is 9.88 Å². The molecule has 1 aromatic carbocycles. The Bertz CT molecular complexity index is 917. The number of rotatable bonds is 6. The van der Waals surface area contributed by atoms with Gasteiger partial charge in [0.2, 0.25) is 5.91 Å². The molecule has 0 spiro atoms. The first-order valence-corrected chi connectivity index (χ1v) is 8.78. The van der Waals surface area contributed by atoms with E-state index in [0.29, 0.717) is 17.5 Å². The van der Waals surface area contributed by atoms with Crippen molar-refractivity contribution in [1.29, 1.82) is 0 Å². The van der Waals surface area contributed by atoms with Crippen molar-refractivity contribution in [1.82, 2.24) is 19.7 Å². The van der Waals surface area contributed by atoms with Crippen LogP contribution in [0.15, 0.2) is 47.9 Å². The van der Waals surface area contributed by atoms with Crippen LogP contribution in [0.5, 0.6) is 0 Å². The number of amides is 1. The lowest BCUT2D eigenvalue weighted by molar-refractivity contribution is -0.113. The third kappa shape index (κ3) is 4.05. The van der Waals surface area contributed by atoms with Crippen molar-refractivity contribution in [3.05, 3.63) is 54.4 Å². The molecule has 0 fully saturated rings. The lowest BCUT2D eigenvalue weighted by atomic mass is 10.3. The molecular weight excluding hydrogens is 360 g/mol. The van der Waals surface area contributed by atoms with Crippen LogP contribution < -0.4 is 5.32 Å². The van der Waals surface area contributed by atoms with Gasteiger partial charge in [-0.25, -0.2) is 8.78 Å². The first-order valence-electron chi connectivity index (χ1n) is 7.79. The molecule has 0 saturated carbocycles. The summed E-state index contributed by atoms with van der Waals surface area (Å²) in [6.45, 7) is 2.55. The Hall–Kier alpha value is -2.81. The highest BCUT2D eigenvalue weighted by atomic mass is 32.2. The average Bonchev–Trinajstić information content (AvgIpc) is 3.06. The van der Waals surface area contributed by atoms with Gasteiger partial charge in [0.15, 0.2) is 11.0 Å². The van der Waals surface area contributed by atoms with Crippen LogP contribution in [0, 0.1) is 11.6 Å². The van der Waals surface area contributed by atoms with Gasteiger partial charge in [0.05, 0.1) is 11.4 Å². The molecule has 3 aromatic rings. The smallest absolute Gasteiger partial charge is 0.234 e. The normalized spacial score (nSPS) is 10.7. The Balaban J connectivity index is 1.69. The Kier molecular flexibility index (Phi) is 5.57. The van der Waals surface area contributed by atoms with Gasteiger partial charge in [-0.2, -0.15) is 0 Å². The largest absolute Gasteiger partial charge is 0.323 e. The molecule has 0 radical (unpaired) electrons. The van der Waals surface area contributed by atoms with E-state index in [0.717, 1.165) is 23.8 Å². The quantitative estimate of drug-likeness (QED) is 0.669. The molecule has 3 rings (SSSR count). The number of thioether (sulfide) groups is 1. The fraction of sp³-hybridized carbons (Fsp3) is 0.176. The molecule has 1 N–H and O–H groups in total. The molecule has 0 bridgehead atoms.